The molecular formula is C15H13Cl2OP. The van der Waals surface area contributed by atoms with Crippen LogP contribution in [0.3, 0.4) is 0 Å². The molecule has 98 valence electrons. The fourth-order valence-corrected chi connectivity index (χ4v) is 3.66. The summed E-state index contributed by atoms with van der Waals surface area (Å²) in [6.07, 6.45) is 0. The van der Waals surface area contributed by atoms with Crippen LogP contribution in [0, 0.1) is 13.8 Å². The average Bonchev–Trinajstić information content (AvgIpc) is 2.32. The molecule has 0 radical (unpaired) electrons. The molecule has 0 amide bonds. The van der Waals surface area contributed by atoms with Gasteiger partial charge in [-0.2, -0.15) is 0 Å². The molecule has 1 unspecified atom stereocenters. The van der Waals surface area contributed by atoms with E-state index < -0.39 is 0 Å². The standard InChI is InChI=1S/C15H13Cl2OP/c1-9-6-7-13(10(2)8-9)19-15(18)14-11(16)4-3-5-12(14)17/h3-8,19H,1-2H3. The van der Waals surface area contributed by atoms with Crippen LogP contribution in [-0.4, -0.2) is 5.52 Å². The Morgan fingerprint density at radius 1 is 1.05 bits per heavy atom. The zero-order valence-corrected chi connectivity index (χ0v) is 13.1. The Balaban J connectivity index is 2.31. The minimum atomic E-state index is -0.0254. The molecule has 0 aliphatic heterocycles. The third-order valence-corrected chi connectivity index (χ3v) is 4.76. The van der Waals surface area contributed by atoms with Crippen LogP contribution in [0.25, 0.3) is 0 Å². The summed E-state index contributed by atoms with van der Waals surface area (Å²) in [6.45, 7) is 4.05. The van der Waals surface area contributed by atoms with Crippen molar-refractivity contribution in [3.05, 3.63) is 63.1 Å². The molecule has 0 aliphatic carbocycles. The number of benzene rings is 2. The number of halogens is 2. The molecule has 0 saturated heterocycles. The highest BCUT2D eigenvalue weighted by molar-refractivity contribution is 7.66. The first-order chi connectivity index (χ1) is 8.99. The lowest BCUT2D eigenvalue weighted by Crippen LogP contribution is -2.06. The van der Waals surface area contributed by atoms with Gasteiger partial charge < -0.3 is 0 Å². The van der Waals surface area contributed by atoms with Crippen molar-refractivity contribution in [2.45, 2.75) is 13.8 Å². The van der Waals surface area contributed by atoms with Gasteiger partial charge in [0.05, 0.1) is 15.6 Å². The van der Waals surface area contributed by atoms with Crippen LogP contribution in [-0.2, 0) is 0 Å². The van der Waals surface area contributed by atoms with E-state index >= 15 is 0 Å². The molecule has 0 saturated carbocycles. The van der Waals surface area contributed by atoms with E-state index in [2.05, 4.69) is 6.07 Å². The van der Waals surface area contributed by atoms with Crippen LogP contribution < -0.4 is 5.30 Å². The topological polar surface area (TPSA) is 17.1 Å². The lowest BCUT2D eigenvalue weighted by molar-refractivity contribution is 0.108. The van der Waals surface area contributed by atoms with Crippen molar-refractivity contribution in [1.82, 2.24) is 0 Å². The molecule has 0 spiro atoms. The molecule has 0 bridgehead atoms. The monoisotopic (exact) mass is 310 g/mol. The van der Waals surface area contributed by atoms with E-state index in [9.17, 15) is 4.79 Å². The number of hydrogen-bond donors (Lipinski definition) is 0. The zero-order chi connectivity index (χ0) is 14.0. The second kappa shape index (κ2) is 6.05. The van der Waals surface area contributed by atoms with E-state index in [4.69, 9.17) is 23.2 Å². The molecule has 0 aliphatic rings. The number of rotatable bonds is 3. The van der Waals surface area contributed by atoms with Gasteiger partial charge in [0.1, 0.15) is 0 Å². The van der Waals surface area contributed by atoms with Gasteiger partial charge in [-0.3, -0.25) is 4.79 Å². The van der Waals surface area contributed by atoms with Gasteiger partial charge in [-0.15, -0.1) is 0 Å². The fraction of sp³-hybridized carbons (Fsp3) is 0.133. The summed E-state index contributed by atoms with van der Waals surface area (Å²) in [7, 11) is 0.0359. The fourth-order valence-electron chi connectivity index (χ4n) is 1.85. The summed E-state index contributed by atoms with van der Waals surface area (Å²) in [5.41, 5.74) is 2.70. The summed E-state index contributed by atoms with van der Waals surface area (Å²) in [6, 6.07) is 11.2. The Labute approximate surface area is 124 Å². The molecule has 1 atom stereocenters. The predicted octanol–water partition coefficient (Wildman–Crippen LogP) is 4.75. The molecule has 2 rings (SSSR count). The second-order valence-corrected chi connectivity index (χ2v) is 6.43. The van der Waals surface area contributed by atoms with Crippen molar-refractivity contribution >= 4 is 42.6 Å². The SMILES string of the molecule is Cc1ccc(PC(=O)c2c(Cl)cccc2Cl)c(C)c1. The van der Waals surface area contributed by atoms with Crippen LogP contribution in [0.15, 0.2) is 36.4 Å². The van der Waals surface area contributed by atoms with Gasteiger partial charge in [-0.25, -0.2) is 0 Å². The van der Waals surface area contributed by atoms with E-state index in [1.165, 1.54) is 5.56 Å². The van der Waals surface area contributed by atoms with Crippen molar-refractivity contribution < 1.29 is 4.79 Å². The zero-order valence-electron chi connectivity index (χ0n) is 10.6. The molecule has 2 aromatic rings. The number of carbonyl (C=O) groups excluding carboxylic acids is 1. The Kier molecular flexibility index (Phi) is 4.62. The van der Waals surface area contributed by atoms with E-state index in [1.807, 2.05) is 26.0 Å². The third-order valence-electron chi connectivity index (χ3n) is 2.82. The van der Waals surface area contributed by atoms with E-state index in [-0.39, 0.29) is 14.1 Å². The Hall–Kier alpha value is -0.880. The predicted molar refractivity (Wildman–Crippen MR) is 84.7 cm³/mol. The van der Waals surface area contributed by atoms with E-state index in [1.54, 1.807) is 18.2 Å². The number of hydrogen-bond acceptors (Lipinski definition) is 1. The Morgan fingerprint density at radius 3 is 2.26 bits per heavy atom. The second-order valence-electron chi connectivity index (χ2n) is 4.37. The maximum atomic E-state index is 12.3. The molecule has 4 heteroatoms. The lowest BCUT2D eigenvalue weighted by Gasteiger charge is -2.08. The van der Waals surface area contributed by atoms with Gasteiger partial charge in [0.25, 0.3) is 0 Å². The van der Waals surface area contributed by atoms with Crippen LogP contribution in [0.5, 0.6) is 0 Å². The quantitative estimate of drug-likeness (QED) is 0.747. The summed E-state index contributed by atoms with van der Waals surface area (Å²) >= 11 is 12.1. The highest BCUT2D eigenvalue weighted by atomic mass is 35.5. The largest absolute Gasteiger partial charge is 0.289 e. The first-order valence-corrected chi connectivity index (χ1v) is 7.57. The Bertz CT molecular complexity index is 618. The van der Waals surface area contributed by atoms with Crippen LogP contribution in [0.4, 0.5) is 0 Å². The summed E-state index contributed by atoms with van der Waals surface area (Å²) in [5, 5.41) is 1.86. The van der Waals surface area contributed by atoms with Crippen molar-refractivity contribution in [3.63, 3.8) is 0 Å². The molecule has 1 nitrogen and oxygen atoms in total. The van der Waals surface area contributed by atoms with Crippen molar-refractivity contribution in [2.75, 3.05) is 0 Å². The first-order valence-electron chi connectivity index (χ1n) is 5.81. The molecule has 0 aromatic heterocycles. The third kappa shape index (κ3) is 3.36. The minimum Gasteiger partial charge on any atom is -0.289 e. The smallest absolute Gasteiger partial charge is 0.188 e. The van der Waals surface area contributed by atoms with Gasteiger partial charge >= 0.3 is 0 Å². The highest BCUT2D eigenvalue weighted by Crippen LogP contribution is 2.31. The van der Waals surface area contributed by atoms with Crippen molar-refractivity contribution in [1.29, 1.82) is 0 Å². The normalized spacial score (nSPS) is 11.2. The molecule has 0 fully saturated rings. The van der Waals surface area contributed by atoms with E-state index in [0.717, 1.165) is 10.9 Å². The lowest BCUT2D eigenvalue weighted by atomic mass is 10.2. The number of carbonyl (C=O) groups is 1. The van der Waals surface area contributed by atoms with Crippen molar-refractivity contribution in [2.24, 2.45) is 0 Å². The number of aryl methyl sites for hydroxylation is 2. The van der Waals surface area contributed by atoms with Gasteiger partial charge in [0, 0.05) is 0 Å². The van der Waals surface area contributed by atoms with Crippen LogP contribution in [0.1, 0.15) is 21.5 Å². The maximum absolute atomic E-state index is 12.3. The highest BCUT2D eigenvalue weighted by Gasteiger charge is 2.15. The first kappa shape index (κ1) is 14.5. The minimum absolute atomic E-state index is 0.0254. The van der Waals surface area contributed by atoms with Crippen molar-refractivity contribution in [3.8, 4) is 0 Å². The van der Waals surface area contributed by atoms with Gasteiger partial charge in [-0.1, -0.05) is 53.0 Å². The molecular weight excluding hydrogens is 298 g/mol. The Morgan fingerprint density at radius 2 is 1.68 bits per heavy atom. The van der Waals surface area contributed by atoms with E-state index in [0.29, 0.717) is 15.6 Å². The summed E-state index contributed by atoms with van der Waals surface area (Å²) in [4.78, 5) is 12.3. The molecule has 0 heterocycles. The van der Waals surface area contributed by atoms with Gasteiger partial charge in [0.15, 0.2) is 5.52 Å². The van der Waals surface area contributed by atoms with Crippen LogP contribution in [0.2, 0.25) is 10.0 Å². The van der Waals surface area contributed by atoms with Gasteiger partial charge in [0.2, 0.25) is 0 Å². The maximum Gasteiger partial charge on any atom is 0.188 e. The molecule has 0 N–H and O–H groups in total. The summed E-state index contributed by atoms with van der Waals surface area (Å²) in [5.74, 6) is 0. The average molecular weight is 311 g/mol. The van der Waals surface area contributed by atoms with Crippen LogP contribution >= 0.6 is 31.8 Å². The van der Waals surface area contributed by atoms with Gasteiger partial charge in [-0.05, 0) is 45.4 Å². The summed E-state index contributed by atoms with van der Waals surface area (Å²) < 4.78 is 0. The molecule has 2 aromatic carbocycles. The molecule has 19 heavy (non-hydrogen) atoms.